The van der Waals surface area contributed by atoms with Crippen LogP contribution >= 0.6 is 0 Å². The summed E-state index contributed by atoms with van der Waals surface area (Å²) in [6.07, 6.45) is -3.62. The second-order valence-electron chi connectivity index (χ2n) is 4.91. The Morgan fingerprint density at radius 1 is 1.14 bits per heavy atom. The van der Waals surface area contributed by atoms with E-state index in [-0.39, 0.29) is 11.5 Å². The molecule has 9 heteroatoms. The number of alkyl halides is 2. The van der Waals surface area contributed by atoms with E-state index in [1.807, 2.05) is 4.90 Å². The minimum absolute atomic E-state index is 0.00154. The lowest BCUT2D eigenvalue weighted by atomic mass is 10.2. The third-order valence-electron chi connectivity index (χ3n) is 3.44. The standard InChI is InChI=1S/C13H12F2N4O3/c14-13(15)21-9-2-1-8(7-10(9)22-13)11-16-12(18-17-11)19-3-5-20-6-4-19/h1-2,7H,3-6H2,(H,16,17,18). The zero-order valence-corrected chi connectivity index (χ0v) is 11.4. The fraction of sp³-hybridized carbons (Fsp3) is 0.385. The number of rotatable bonds is 2. The number of hydrogen-bond donors (Lipinski definition) is 1. The number of nitrogens with zero attached hydrogens (tertiary/aromatic N) is 3. The van der Waals surface area contributed by atoms with Gasteiger partial charge in [-0.1, -0.05) is 0 Å². The molecule has 1 N–H and O–H groups in total. The summed E-state index contributed by atoms with van der Waals surface area (Å²) in [6.45, 7) is 2.68. The van der Waals surface area contributed by atoms with Crippen LogP contribution in [0.5, 0.6) is 11.5 Å². The number of aromatic amines is 1. The molecule has 0 unspecified atom stereocenters. The highest BCUT2D eigenvalue weighted by Gasteiger charge is 2.43. The van der Waals surface area contributed by atoms with Crippen molar-refractivity contribution in [3.05, 3.63) is 18.2 Å². The predicted molar refractivity (Wildman–Crippen MR) is 71.1 cm³/mol. The van der Waals surface area contributed by atoms with E-state index in [1.165, 1.54) is 12.1 Å². The fourth-order valence-corrected chi connectivity index (χ4v) is 2.38. The Kier molecular flexibility index (Phi) is 2.89. The molecule has 2 aliphatic heterocycles. The predicted octanol–water partition coefficient (Wildman–Crippen LogP) is 1.63. The van der Waals surface area contributed by atoms with E-state index in [1.54, 1.807) is 6.07 Å². The molecule has 0 atom stereocenters. The number of halogens is 2. The molecule has 0 radical (unpaired) electrons. The SMILES string of the molecule is FC1(F)Oc2ccc(-c3nc(N4CCOCC4)n[nH]3)cc2O1. The van der Waals surface area contributed by atoms with Gasteiger partial charge in [0.05, 0.1) is 13.2 Å². The highest BCUT2D eigenvalue weighted by atomic mass is 19.3. The van der Waals surface area contributed by atoms with E-state index in [4.69, 9.17) is 4.74 Å². The normalized spacial score (nSPS) is 19.5. The lowest BCUT2D eigenvalue weighted by Gasteiger charge is -2.25. The minimum Gasteiger partial charge on any atom is -0.395 e. The summed E-state index contributed by atoms with van der Waals surface area (Å²) in [7, 11) is 0. The molecular formula is C13H12F2N4O3. The van der Waals surface area contributed by atoms with E-state index in [2.05, 4.69) is 24.7 Å². The molecule has 0 spiro atoms. The van der Waals surface area contributed by atoms with Crippen LogP contribution in [0.4, 0.5) is 14.7 Å². The summed E-state index contributed by atoms with van der Waals surface area (Å²) < 4.78 is 40.1. The molecule has 0 saturated carbocycles. The maximum absolute atomic E-state index is 13.0. The van der Waals surface area contributed by atoms with Crippen molar-refractivity contribution in [2.45, 2.75) is 6.29 Å². The van der Waals surface area contributed by atoms with E-state index >= 15 is 0 Å². The smallest absolute Gasteiger partial charge is 0.395 e. The largest absolute Gasteiger partial charge is 0.586 e. The van der Waals surface area contributed by atoms with Crippen LogP contribution in [0.15, 0.2) is 18.2 Å². The number of anilines is 1. The first-order valence-electron chi connectivity index (χ1n) is 6.76. The van der Waals surface area contributed by atoms with E-state index in [0.717, 1.165) is 0 Å². The zero-order chi connectivity index (χ0) is 15.2. The van der Waals surface area contributed by atoms with Crippen molar-refractivity contribution in [2.75, 3.05) is 31.2 Å². The van der Waals surface area contributed by atoms with Gasteiger partial charge in [-0.25, -0.2) is 0 Å². The molecule has 0 aliphatic carbocycles. The number of nitrogens with one attached hydrogen (secondary N) is 1. The van der Waals surface area contributed by atoms with Gasteiger partial charge in [-0.3, -0.25) is 5.10 Å². The monoisotopic (exact) mass is 310 g/mol. The van der Waals surface area contributed by atoms with Crippen molar-refractivity contribution >= 4 is 5.95 Å². The van der Waals surface area contributed by atoms with Crippen LogP contribution in [-0.4, -0.2) is 47.8 Å². The molecule has 2 aliphatic rings. The van der Waals surface area contributed by atoms with Crippen LogP contribution in [0, 0.1) is 0 Å². The Balaban J connectivity index is 1.59. The van der Waals surface area contributed by atoms with Crippen LogP contribution in [0.3, 0.4) is 0 Å². The Morgan fingerprint density at radius 3 is 2.73 bits per heavy atom. The number of morpholine rings is 1. The second kappa shape index (κ2) is 4.80. The maximum atomic E-state index is 13.0. The summed E-state index contributed by atoms with van der Waals surface area (Å²) in [4.78, 5) is 6.38. The molecule has 1 aromatic carbocycles. The van der Waals surface area contributed by atoms with E-state index < -0.39 is 6.29 Å². The molecule has 0 bridgehead atoms. The molecule has 1 fully saturated rings. The summed E-state index contributed by atoms with van der Waals surface area (Å²) in [5.41, 5.74) is 0.590. The average Bonchev–Trinajstić information content (AvgIpc) is 3.10. The number of H-pyrrole nitrogens is 1. The molecule has 1 aromatic heterocycles. The third kappa shape index (κ3) is 2.33. The lowest BCUT2D eigenvalue weighted by Crippen LogP contribution is -2.36. The molecule has 2 aromatic rings. The first-order valence-corrected chi connectivity index (χ1v) is 6.76. The number of ether oxygens (including phenoxy) is 3. The summed E-state index contributed by atoms with van der Waals surface area (Å²) in [5, 5.41) is 6.96. The Labute approximate surface area is 123 Å². The molecule has 0 amide bonds. The van der Waals surface area contributed by atoms with Gasteiger partial charge in [-0.05, 0) is 18.2 Å². The fourth-order valence-electron chi connectivity index (χ4n) is 2.38. The average molecular weight is 310 g/mol. The van der Waals surface area contributed by atoms with Crippen LogP contribution in [-0.2, 0) is 4.74 Å². The van der Waals surface area contributed by atoms with Gasteiger partial charge in [0, 0.05) is 18.7 Å². The van der Waals surface area contributed by atoms with Crippen LogP contribution < -0.4 is 14.4 Å². The lowest BCUT2D eigenvalue weighted by molar-refractivity contribution is -0.286. The molecule has 116 valence electrons. The molecule has 3 heterocycles. The van der Waals surface area contributed by atoms with Crippen molar-refractivity contribution in [3.63, 3.8) is 0 Å². The maximum Gasteiger partial charge on any atom is 0.586 e. The Hall–Kier alpha value is -2.42. The first kappa shape index (κ1) is 13.3. The number of aromatic nitrogens is 3. The van der Waals surface area contributed by atoms with Gasteiger partial charge >= 0.3 is 6.29 Å². The van der Waals surface area contributed by atoms with Crippen LogP contribution in [0.25, 0.3) is 11.4 Å². The van der Waals surface area contributed by atoms with Crippen molar-refractivity contribution in [2.24, 2.45) is 0 Å². The Morgan fingerprint density at radius 2 is 1.91 bits per heavy atom. The third-order valence-corrected chi connectivity index (χ3v) is 3.44. The van der Waals surface area contributed by atoms with Gasteiger partial charge in [-0.15, -0.1) is 13.9 Å². The number of benzene rings is 1. The van der Waals surface area contributed by atoms with Gasteiger partial charge in [-0.2, -0.15) is 4.98 Å². The van der Waals surface area contributed by atoms with Crippen LogP contribution in [0.2, 0.25) is 0 Å². The van der Waals surface area contributed by atoms with Gasteiger partial charge < -0.3 is 19.1 Å². The van der Waals surface area contributed by atoms with Gasteiger partial charge in [0.15, 0.2) is 17.3 Å². The van der Waals surface area contributed by atoms with Crippen molar-refractivity contribution in [1.29, 1.82) is 0 Å². The minimum atomic E-state index is -3.62. The van der Waals surface area contributed by atoms with E-state index in [9.17, 15) is 8.78 Å². The quantitative estimate of drug-likeness (QED) is 0.909. The summed E-state index contributed by atoms with van der Waals surface area (Å²) in [5.74, 6) is 1.01. The molecule has 4 rings (SSSR count). The highest BCUT2D eigenvalue weighted by molar-refractivity contribution is 5.62. The highest BCUT2D eigenvalue weighted by Crippen LogP contribution is 2.42. The number of hydrogen-bond acceptors (Lipinski definition) is 6. The van der Waals surface area contributed by atoms with Crippen molar-refractivity contribution in [1.82, 2.24) is 15.2 Å². The molecule has 1 saturated heterocycles. The van der Waals surface area contributed by atoms with Gasteiger partial charge in [0.2, 0.25) is 5.95 Å². The summed E-state index contributed by atoms with van der Waals surface area (Å²) >= 11 is 0. The topological polar surface area (TPSA) is 72.5 Å². The summed E-state index contributed by atoms with van der Waals surface area (Å²) in [6, 6.07) is 4.48. The zero-order valence-electron chi connectivity index (χ0n) is 11.4. The van der Waals surface area contributed by atoms with Crippen LogP contribution in [0.1, 0.15) is 0 Å². The van der Waals surface area contributed by atoms with Crippen molar-refractivity contribution < 1.29 is 23.0 Å². The van der Waals surface area contributed by atoms with Gasteiger partial charge in [0.25, 0.3) is 0 Å². The number of fused-ring (bicyclic) bond motifs is 1. The second-order valence-corrected chi connectivity index (χ2v) is 4.91. The van der Waals surface area contributed by atoms with Gasteiger partial charge in [0.1, 0.15) is 0 Å². The van der Waals surface area contributed by atoms with Crippen molar-refractivity contribution in [3.8, 4) is 22.9 Å². The molecule has 7 nitrogen and oxygen atoms in total. The molecule has 22 heavy (non-hydrogen) atoms. The van der Waals surface area contributed by atoms with E-state index in [0.29, 0.717) is 43.6 Å². The Bertz CT molecular complexity index is 700. The molecular weight excluding hydrogens is 298 g/mol. The first-order chi connectivity index (χ1) is 10.6.